The van der Waals surface area contributed by atoms with Crippen molar-refractivity contribution in [2.24, 2.45) is 16.9 Å². The van der Waals surface area contributed by atoms with Crippen molar-refractivity contribution in [3.63, 3.8) is 0 Å². The predicted octanol–water partition coefficient (Wildman–Crippen LogP) is -0.959. The first kappa shape index (κ1) is 21.7. The molecule has 0 aliphatic carbocycles. The topological polar surface area (TPSA) is 146 Å². The van der Waals surface area contributed by atoms with Crippen LogP contribution in [0.3, 0.4) is 0 Å². The van der Waals surface area contributed by atoms with Crippen molar-refractivity contribution >= 4 is 30.3 Å². The van der Waals surface area contributed by atoms with Crippen LogP contribution in [0.4, 0.5) is 4.79 Å². The summed E-state index contributed by atoms with van der Waals surface area (Å²) < 4.78 is 0. The second-order valence-corrected chi connectivity index (χ2v) is 5.15. The van der Waals surface area contributed by atoms with Crippen LogP contribution in [-0.2, 0) is 19.4 Å². The average molecular weight is 327 g/mol. The lowest BCUT2D eigenvalue weighted by Gasteiger charge is -2.30. The quantitative estimate of drug-likeness (QED) is 0.350. The van der Waals surface area contributed by atoms with Crippen molar-refractivity contribution in [3.8, 4) is 0 Å². The van der Waals surface area contributed by atoms with Crippen LogP contribution in [0.1, 0.15) is 20.8 Å². The fourth-order valence-electron chi connectivity index (χ4n) is 1.16. The lowest BCUT2D eigenvalue weighted by Crippen LogP contribution is -2.50. The van der Waals surface area contributed by atoms with Crippen LogP contribution < -0.4 is 22.1 Å². The molecule has 124 valence electrons. The second-order valence-electron chi connectivity index (χ2n) is 5.15. The van der Waals surface area contributed by atoms with Gasteiger partial charge in [0.25, 0.3) is 0 Å². The van der Waals surface area contributed by atoms with Crippen molar-refractivity contribution in [2.75, 3.05) is 19.7 Å². The first-order valence-electron chi connectivity index (χ1n) is 6.02. The van der Waals surface area contributed by atoms with Gasteiger partial charge >= 0.3 is 6.09 Å². The van der Waals surface area contributed by atoms with E-state index in [0.29, 0.717) is 0 Å². The van der Waals surface area contributed by atoms with E-state index < -0.39 is 23.9 Å². The molecule has 0 aliphatic rings. The van der Waals surface area contributed by atoms with Crippen LogP contribution >= 0.6 is 12.4 Å². The molecule has 0 fully saturated rings. The van der Waals surface area contributed by atoms with Gasteiger partial charge in [-0.15, -0.1) is 12.4 Å². The lowest BCUT2D eigenvalue weighted by molar-refractivity contribution is -0.244. The number of nitrogens with one attached hydrogen (secondary N) is 2. The molecule has 0 aromatic heterocycles. The van der Waals surface area contributed by atoms with Gasteiger partial charge in [-0.3, -0.25) is 14.5 Å². The van der Waals surface area contributed by atoms with Gasteiger partial charge in [0.05, 0.1) is 19.1 Å². The van der Waals surface area contributed by atoms with Crippen molar-refractivity contribution in [3.05, 3.63) is 0 Å². The maximum atomic E-state index is 11.7. The van der Waals surface area contributed by atoms with E-state index in [2.05, 4.69) is 20.4 Å². The Hall–Kier alpha value is -1.58. The first-order chi connectivity index (χ1) is 9.16. The van der Waals surface area contributed by atoms with Gasteiger partial charge in [0.2, 0.25) is 11.8 Å². The standard InChI is InChI=1S/C11H22N4O5.ClH/c1-11(2,3)7(6-19-20-10(13)18)15-9(17)5-14-8(16)4-12;/h7H,4-6,12H2,1-3H3,(H2,13,18)(H,14,16)(H,15,17);1H. The molecule has 10 heteroatoms. The Kier molecular flexibility index (Phi) is 10.5. The van der Waals surface area contributed by atoms with Crippen molar-refractivity contribution in [1.29, 1.82) is 0 Å². The molecule has 0 saturated carbocycles. The van der Waals surface area contributed by atoms with E-state index in [1.54, 1.807) is 0 Å². The molecule has 0 aromatic rings. The minimum absolute atomic E-state index is 0. The van der Waals surface area contributed by atoms with E-state index >= 15 is 0 Å². The third-order valence-corrected chi connectivity index (χ3v) is 2.39. The molecule has 0 radical (unpaired) electrons. The van der Waals surface area contributed by atoms with Gasteiger partial charge in [0.1, 0.15) is 6.61 Å². The number of rotatable bonds is 7. The van der Waals surface area contributed by atoms with Gasteiger partial charge in [-0.2, -0.15) is 4.89 Å². The third-order valence-electron chi connectivity index (χ3n) is 2.39. The highest BCUT2D eigenvalue weighted by atomic mass is 35.5. The Labute approximate surface area is 129 Å². The second kappa shape index (κ2) is 10.2. The summed E-state index contributed by atoms with van der Waals surface area (Å²) in [4.78, 5) is 41.8. The summed E-state index contributed by atoms with van der Waals surface area (Å²) in [6.07, 6.45) is -1.07. The highest BCUT2D eigenvalue weighted by Gasteiger charge is 2.27. The molecule has 1 atom stereocenters. The normalized spacial score (nSPS) is 11.8. The number of hydrogen-bond acceptors (Lipinski definition) is 6. The van der Waals surface area contributed by atoms with Gasteiger partial charge in [-0.1, -0.05) is 20.8 Å². The minimum Gasteiger partial charge on any atom is -0.349 e. The Balaban J connectivity index is 0. The smallest absolute Gasteiger partial charge is 0.349 e. The van der Waals surface area contributed by atoms with E-state index in [-0.39, 0.29) is 37.5 Å². The Morgan fingerprint density at radius 3 is 2.19 bits per heavy atom. The molecule has 3 amide bonds. The number of nitrogens with two attached hydrogens (primary N) is 2. The van der Waals surface area contributed by atoms with Crippen molar-refractivity contribution in [1.82, 2.24) is 10.6 Å². The van der Waals surface area contributed by atoms with Crippen LogP contribution in [0.25, 0.3) is 0 Å². The molecule has 21 heavy (non-hydrogen) atoms. The zero-order valence-electron chi connectivity index (χ0n) is 12.3. The first-order valence-corrected chi connectivity index (χ1v) is 6.02. The third kappa shape index (κ3) is 10.8. The molecule has 6 N–H and O–H groups in total. The Morgan fingerprint density at radius 2 is 1.76 bits per heavy atom. The van der Waals surface area contributed by atoms with Crippen molar-refractivity contribution in [2.45, 2.75) is 26.8 Å². The predicted molar refractivity (Wildman–Crippen MR) is 77.3 cm³/mol. The molecule has 1 unspecified atom stereocenters. The molecule has 0 aromatic carbocycles. The maximum Gasteiger partial charge on any atom is 0.436 e. The van der Waals surface area contributed by atoms with E-state index in [4.69, 9.17) is 11.5 Å². The van der Waals surface area contributed by atoms with Gasteiger partial charge < -0.3 is 22.1 Å². The summed E-state index contributed by atoms with van der Waals surface area (Å²) >= 11 is 0. The van der Waals surface area contributed by atoms with Crippen LogP contribution in [0.2, 0.25) is 0 Å². The monoisotopic (exact) mass is 326 g/mol. The summed E-state index contributed by atoms with van der Waals surface area (Å²) in [5.74, 6) is -0.838. The van der Waals surface area contributed by atoms with E-state index in [1.807, 2.05) is 20.8 Å². The molecule has 9 nitrogen and oxygen atoms in total. The average Bonchev–Trinajstić information content (AvgIpc) is 2.33. The van der Waals surface area contributed by atoms with Gasteiger partial charge in [0, 0.05) is 0 Å². The van der Waals surface area contributed by atoms with Crippen molar-refractivity contribution < 1.29 is 24.2 Å². The molecular formula is C11H23ClN4O5. The molecule has 0 spiro atoms. The molecule has 0 heterocycles. The summed E-state index contributed by atoms with van der Waals surface area (Å²) in [6, 6.07) is -0.441. The number of halogens is 1. The minimum atomic E-state index is -1.07. The molecule has 0 saturated heterocycles. The SMILES string of the molecule is CC(C)(C)C(COOC(N)=O)NC(=O)CNC(=O)CN.Cl. The van der Waals surface area contributed by atoms with Crippen LogP contribution in [0, 0.1) is 5.41 Å². The van der Waals surface area contributed by atoms with E-state index in [0.717, 1.165) is 0 Å². The maximum absolute atomic E-state index is 11.7. The largest absolute Gasteiger partial charge is 0.436 e. The zero-order chi connectivity index (χ0) is 15.8. The van der Waals surface area contributed by atoms with Gasteiger partial charge in [-0.05, 0) is 5.41 Å². The molecule has 0 aliphatic heterocycles. The number of hydrogen-bond donors (Lipinski definition) is 4. The van der Waals surface area contributed by atoms with Crippen LogP contribution in [0.15, 0.2) is 0 Å². The Bertz CT molecular complexity index is 359. The zero-order valence-corrected chi connectivity index (χ0v) is 13.1. The van der Waals surface area contributed by atoms with Gasteiger partial charge in [-0.25, -0.2) is 4.79 Å². The van der Waals surface area contributed by atoms with E-state index in [1.165, 1.54) is 0 Å². The number of amides is 3. The summed E-state index contributed by atoms with van der Waals surface area (Å²) in [5.41, 5.74) is 9.50. The fraction of sp³-hybridized carbons (Fsp3) is 0.727. The van der Waals surface area contributed by atoms with Gasteiger partial charge in [0.15, 0.2) is 0 Å². The molecule has 0 rings (SSSR count). The Morgan fingerprint density at radius 1 is 1.19 bits per heavy atom. The number of primary amides is 1. The van der Waals surface area contributed by atoms with Crippen LogP contribution in [-0.4, -0.2) is 43.6 Å². The summed E-state index contributed by atoms with van der Waals surface area (Å²) in [5, 5.41) is 5.00. The highest BCUT2D eigenvalue weighted by Crippen LogP contribution is 2.19. The number of carbonyl (C=O) groups excluding carboxylic acids is 3. The summed E-state index contributed by atoms with van der Waals surface area (Å²) in [6.45, 7) is 5.14. The molecular weight excluding hydrogens is 304 g/mol. The summed E-state index contributed by atoms with van der Waals surface area (Å²) in [7, 11) is 0. The molecule has 0 bridgehead atoms. The van der Waals surface area contributed by atoms with E-state index in [9.17, 15) is 14.4 Å². The number of carbonyl (C=O) groups is 3. The fourth-order valence-corrected chi connectivity index (χ4v) is 1.16. The van der Waals surface area contributed by atoms with Crippen LogP contribution in [0.5, 0.6) is 0 Å². The lowest BCUT2D eigenvalue weighted by atomic mass is 9.87. The highest BCUT2D eigenvalue weighted by molar-refractivity contribution is 5.85.